The molecular formula is C28H32N4O4. The van der Waals surface area contributed by atoms with Crippen molar-refractivity contribution in [3.05, 3.63) is 66.0 Å². The van der Waals surface area contributed by atoms with E-state index in [0.717, 1.165) is 31.2 Å². The Morgan fingerprint density at radius 3 is 2.42 bits per heavy atom. The maximum Gasteiger partial charge on any atom is 0.325 e. The molecule has 4 aliphatic rings. The van der Waals surface area contributed by atoms with Crippen molar-refractivity contribution in [2.45, 2.75) is 55.6 Å². The molecule has 2 aromatic rings. The van der Waals surface area contributed by atoms with Crippen LogP contribution in [0.15, 0.2) is 54.7 Å². The first-order valence-corrected chi connectivity index (χ1v) is 13.1. The van der Waals surface area contributed by atoms with E-state index in [2.05, 4.69) is 10.3 Å². The minimum atomic E-state index is -1.22. The molecule has 1 saturated carbocycles. The van der Waals surface area contributed by atoms with Crippen LogP contribution in [0, 0.1) is 5.92 Å². The second kappa shape index (κ2) is 9.00. The summed E-state index contributed by atoms with van der Waals surface area (Å²) in [6.07, 6.45) is 6.31. The number of piperidine rings is 1. The maximum atomic E-state index is 14.0. The molecular weight excluding hydrogens is 456 g/mol. The van der Waals surface area contributed by atoms with E-state index in [4.69, 9.17) is 4.74 Å². The number of ether oxygens (including phenoxy) is 1. The third kappa shape index (κ3) is 3.70. The third-order valence-corrected chi connectivity index (χ3v) is 8.49. The molecule has 1 aromatic carbocycles. The van der Waals surface area contributed by atoms with Gasteiger partial charge in [-0.3, -0.25) is 19.5 Å². The summed E-state index contributed by atoms with van der Waals surface area (Å²) in [6.45, 7) is 2.04. The molecule has 8 heteroatoms. The smallest absolute Gasteiger partial charge is 0.325 e. The largest absolute Gasteiger partial charge is 0.376 e. The second-order valence-electron chi connectivity index (χ2n) is 10.5. The summed E-state index contributed by atoms with van der Waals surface area (Å²) in [5, 5.41) is 3.06. The Labute approximate surface area is 211 Å². The molecule has 2 unspecified atom stereocenters. The lowest BCUT2D eigenvalue weighted by molar-refractivity contribution is -0.138. The number of imide groups is 1. The first-order chi connectivity index (χ1) is 17.5. The van der Waals surface area contributed by atoms with E-state index in [-0.39, 0.29) is 36.4 Å². The monoisotopic (exact) mass is 488 g/mol. The predicted molar refractivity (Wildman–Crippen MR) is 132 cm³/mol. The van der Waals surface area contributed by atoms with E-state index in [1.807, 2.05) is 53.4 Å². The molecule has 0 bridgehead atoms. The number of carbonyl (C=O) groups is 3. The van der Waals surface area contributed by atoms with Gasteiger partial charge in [0.15, 0.2) is 5.54 Å². The summed E-state index contributed by atoms with van der Waals surface area (Å²) in [4.78, 5) is 48.5. The fourth-order valence-corrected chi connectivity index (χ4v) is 6.33. The normalized spacial score (nSPS) is 27.8. The second-order valence-corrected chi connectivity index (χ2v) is 10.5. The molecule has 1 aromatic heterocycles. The molecule has 0 spiro atoms. The van der Waals surface area contributed by atoms with Gasteiger partial charge in [-0.1, -0.05) is 36.4 Å². The van der Waals surface area contributed by atoms with Crippen molar-refractivity contribution in [2.24, 2.45) is 5.92 Å². The number of pyridine rings is 1. The van der Waals surface area contributed by atoms with E-state index in [1.54, 1.807) is 6.20 Å². The molecule has 2 atom stereocenters. The van der Waals surface area contributed by atoms with Crippen LogP contribution < -0.4 is 5.32 Å². The van der Waals surface area contributed by atoms with Gasteiger partial charge >= 0.3 is 6.03 Å². The van der Waals surface area contributed by atoms with Crippen molar-refractivity contribution in [3.63, 3.8) is 0 Å². The van der Waals surface area contributed by atoms with Gasteiger partial charge < -0.3 is 15.0 Å². The van der Waals surface area contributed by atoms with Gasteiger partial charge in [-0.25, -0.2) is 4.79 Å². The van der Waals surface area contributed by atoms with Gasteiger partial charge in [-0.2, -0.15) is 0 Å². The molecule has 36 heavy (non-hydrogen) atoms. The summed E-state index contributed by atoms with van der Waals surface area (Å²) < 4.78 is 5.71. The Bertz CT molecular complexity index is 1140. The van der Waals surface area contributed by atoms with Gasteiger partial charge in [0.05, 0.1) is 23.8 Å². The Balaban J connectivity index is 1.23. The average molecular weight is 489 g/mol. The number of rotatable bonds is 6. The van der Waals surface area contributed by atoms with Crippen LogP contribution in [0.1, 0.15) is 49.8 Å². The molecule has 0 radical (unpaired) electrons. The summed E-state index contributed by atoms with van der Waals surface area (Å²) in [6, 6.07) is 15.1. The maximum absolute atomic E-state index is 14.0. The number of urea groups is 1. The van der Waals surface area contributed by atoms with E-state index in [0.29, 0.717) is 38.2 Å². The minimum absolute atomic E-state index is 0.119. The van der Waals surface area contributed by atoms with Gasteiger partial charge in [0, 0.05) is 31.8 Å². The lowest BCUT2D eigenvalue weighted by Crippen LogP contribution is -2.55. The number of nitrogens with one attached hydrogen (secondary N) is 1. The SMILES string of the molecule is O=C1NC(c2ccccn2)(C2CCN(C(=O)C3(c4ccccc4)CC3)CC2)C(=O)N1CC1CCCO1. The highest BCUT2D eigenvalue weighted by Crippen LogP contribution is 2.50. The highest BCUT2D eigenvalue weighted by atomic mass is 16.5. The summed E-state index contributed by atoms with van der Waals surface area (Å²) in [5.74, 6) is -0.232. The number of amides is 4. The average Bonchev–Trinajstić information content (AvgIpc) is 3.50. The third-order valence-electron chi connectivity index (χ3n) is 8.49. The predicted octanol–water partition coefficient (Wildman–Crippen LogP) is 2.98. The van der Waals surface area contributed by atoms with Crippen LogP contribution in [0.3, 0.4) is 0 Å². The summed E-state index contributed by atoms with van der Waals surface area (Å²) >= 11 is 0. The highest BCUT2D eigenvalue weighted by Gasteiger charge is 2.59. The first kappa shape index (κ1) is 23.2. The van der Waals surface area contributed by atoms with E-state index in [9.17, 15) is 14.4 Å². The number of hydrogen-bond donors (Lipinski definition) is 1. The topological polar surface area (TPSA) is 91.8 Å². The number of likely N-dealkylation sites (tertiary alicyclic amines) is 1. The van der Waals surface area contributed by atoms with Crippen molar-refractivity contribution in [2.75, 3.05) is 26.2 Å². The summed E-state index contributed by atoms with van der Waals surface area (Å²) in [5.41, 5.74) is 0.0291. The Morgan fingerprint density at radius 2 is 1.78 bits per heavy atom. The summed E-state index contributed by atoms with van der Waals surface area (Å²) in [7, 11) is 0. The van der Waals surface area contributed by atoms with Crippen molar-refractivity contribution < 1.29 is 19.1 Å². The molecule has 6 rings (SSSR count). The van der Waals surface area contributed by atoms with E-state index >= 15 is 0 Å². The van der Waals surface area contributed by atoms with Crippen LogP contribution in [-0.4, -0.2) is 65.0 Å². The van der Waals surface area contributed by atoms with Crippen molar-refractivity contribution >= 4 is 17.8 Å². The molecule has 4 amide bonds. The zero-order valence-electron chi connectivity index (χ0n) is 20.4. The zero-order chi connectivity index (χ0) is 24.8. The lowest BCUT2D eigenvalue weighted by Gasteiger charge is -2.41. The van der Waals surface area contributed by atoms with E-state index < -0.39 is 11.0 Å². The Kier molecular flexibility index (Phi) is 5.79. The number of carbonyl (C=O) groups excluding carboxylic acids is 3. The van der Waals surface area contributed by atoms with Gasteiger partial charge in [0.2, 0.25) is 5.91 Å². The minimum Gasteiger partial charge on any atom is -0.376 e. The lowest BCUT2D eigenvalue weighted by atomic mass is 9.74. The fourth-order valence-electron chi connectivity index (χ4n) is 6.33. The number of nitrogens with zero attached hydrogens (tertiary/aromatic N) is 3. The quantitative estimate of drug-likeness (QED) is 0.632. The van der Waals surface area contributed by atoms with Crippen LogP contribution in [0.4, 0.5) is 4.79 Å². The van der Waals surface area contributed by atoms with Gasteiger partial charge in [0.1, 0.15) is 0 Å². The van der Waals surface area contributed by atoms with Gasteiger partial charge in [-0.15, -0.1) is 0 Å². The molecule has 3 saturated heterocycles. The van der Waals surface area contributed by atoms with E-state index in [1.165, 1.54) is 4.90 Å². The zero-order valence-corrected chi connectivity index (χ0v) is 20.4. The molecule has 8 nitrogen and oxygen atoms in total. The van der Waals surface area contributed by atoms with Gasteiger partial charge in [0.25, 0.3) is 5.91 Å². The fraction of sp³-hybridized carbons (Fsp3) is 0.500. The van der Waals surface area contributed by atoms with Crippen LogP contribution >= 0.6 is 0 Å². The van der Waals surface area contributed by atoms with Crippen molar-refractivity contribution in [1.29, 1.82) is 0 Å². The Morgan fingerprint density at radius 1 is 1.03 bits per heavy atom. The first-order valence-electron chi connectivity index (χ1n) is 13.1. The number of aromatic nitrogens is 1. The van der Waals surface area contributed by atoms with Crippen molar-refractivity contribution in [1.82, 2.24) is 20.1 Å². The molecule has 1 N–H and O–H groups in total. The molecule has 4 fully saturated rings. The van der Waals surface area contributed by atoms with Gasteiger partial charge in [-0.05, 0) is 56.2 Å². The number of hydrogen-bond acceptors (Lipinski definition) is 5. The van der Waals surface area contributed by atoms with Crippen molar-refractivity contribution in [3.8, 4) is 0 Å². The molecule has 4 heterocycles. The molecule has 188 valence electrons. The molecule has 1 aliphatic carbocycles. The van der Waals surface area contributed by atoms with Crippen LogP contribution in [0.5, 0.6) is 0 Å². The van der Waals surface area contributed by atoms with Crippen LogP contribution in [-0.2, 0) is 25.3 Å². The Hall–Kier alpha value is -3.26. The molecule has 3 aliphatic heterocycles. The highest BCUT2D eigenvalue weighted by molar-refractivity contribution is 6.07. The standard InChI is InChI=1S/C28H32N4O4/c33-24(27(13-14-27)20-7-2-1-3-8-20)31-16-11-21(12-17-31)28(23-10-4-5-15-29-23)25(34)32(26(35)30-28)19-22-9-6-18-36-22/h1-5,7-8,10,15,21-22H,6,9,11-14,16-19H2,(H,30,35). The van der Waals surface area contributed by atoms with Crippen LogP contribution in [0.2, 0.25) is 0 Å². The number of benzene rings is 1. The van der Waals surface area contributed by atoms with Crippen LogP contribution in [0.25, 0.3) is 0 Å².